The summed E-state index contributed by atoms with van der Waals surface area (Å²) in [5.41, 5.74) is 1.54. The highest BCUT2D eigenvalue weighted by molar-refractivity contribution is 9.10. The molecule has 1 N–H and O–H groups in total. The van der Waals surface area contributed by atoms with Crippen LogP contribution in [0.5, 0.6) is 0 Å². The number of thiophene rings is 1. The van der Waals surface area contributed by atoms with Crippen molar-refractivity contribution in [2.45, 2.75) is 52.1 Å². The number of esters is 1. The molecule has 3 rings (SSSR count). The van der Waals surface area contributed by atoms with E-state index < -0.39 is 0 Å². The number of ether oxygens (including phenoxy) is 1. The quantitative estimate of drug-likeness (QED) is 0.669. The molecule has 1 aliphatic rings. The molecule has 0 fully saturated rings. The van der Waals surface area contributed by atoms with Crippen molar-refractivity contribution in [3.8, 4) is 0 Å². The minimum Gasteiger partial charge on any atom is -0.459 e. The first-order chi connectivity index (χ1) is 12.0. The van der Waals surface area contributed by atoms with Crippen LogP contribution in [0.2, 0.25) is 0 Å². The minimum atomic E-state index is -0.373. The molecule has 7 heteroatoms. The van der Waals surface area contributed by atoms with Crippen LogP contribution in [0.4, 0.5) is 5.00 Å². The summed E-state index contributed by atoms with van der Waals surface area (Å²) in [7, 11) is 0. The molecule has 25 heavy (non-hydrogen) atoms. The average molecular weight is 426 g/mol. The van der Waals surface area contributed by atoms with Crippen LogP contribution in [0.15, 0.2) is 21.2 Å². The first-order valence-corrected chi connectivity index (χ1v) is 10.0. The predicted molar refractivity (Wildman–Crippen MR) is 100 cm³/mol. The van der Waals surface area contributed by atoms with Gasteiger partial charge >= 0.3 is 5.97 Å². The number of carbonyl (C=O) groups excluding carboxylic acids is 2. The fourth-order valence-corrected chi connectivity index (χ4v) is 4.37. The van der Waals surface area contributed by atoms with Crippen molar-refractivity contribution in [3.63, 3.8) is 0 Å². The molecule has 0 aliphatic heterocycles. The lowest BCUT2D eigenvalue weighted by molar-refractivity contribution is 0.0335. The van der Waals surface area contributed by atoms with Gasteiger partial charge in [0.1, 0.15) is 5.00 Å². The van der Waals surface area contributed by atoms with Crippen LogP contribution < -0.4 is 5.32 Å². The van der Waals surface area contributed by atoms with Gasteiger partial charge in [-0.05, 0) is 72.7 Å². The van der Waals surface area contributed by atoms with Crippen LogP contribution in [0, 0.1) is 0 Å². The number of rotatable bonds is 5. The molecule has 2 aromatic rings. The summed E-state index contributed by atoms with van der Waals surface area (Å²) in [6.45, 7) is 3.84. The van der Waals surface area contributed by atoms with Crippen molar-refractivity contribution in [1.29, 1.82) is 0 Å². The molecule has 0 saturated heterocycles. The van der Waals surface area contributed by atoms with E-state index in [-0.39, 0.29) is 23.7 Å². The molecular weight excluding hydrogens is 406 g/mol. The van der Waals surface area contributed by atoms with E-state index >= 15 is 0 Å². The Morgan fingerprint density at radius 3 is 2.80 bits per heavy atom. The van der Waals surface area contributed by atoms with Crippen LogP contribution in [-0.4, -0.2) is 18.0 Å². The van der Waals surface area contributed by atoms with Crippen molar-refractivity contribution in [2.75, 3.05) is 5.32 Å². The third-order valence-corrected chi connectivity index (χ3v) is 5.92. The molecule has 134 valence electrons. The van der Waals surface area contributed by atoms with Gasteiger partial charge in [-0.2, -0.15) is 0 Å². The van der Waals surface area contributed by atoms with Crippen molar-refractivity contribution in [1.82, 2.24) is 0 Å². The molecule has 0 radical (unpaired) electrons. The number of anilines is 1. The first kappa shape index (κ1) is 18.2. The minimum absolute atomic E-state index is 0.156. The fourth-order valence-electron chi connectivity index (χ4n) is 2.80. The summed E-state index contributed by atoms with van der Waals surface area (Å²) in [5, 5.41) is 3.39. The Bertz CT molecular complexity index is 795. The topological polar surface area (TPSA) is 68.5 Å². The first-order valence-electron chi connectivity index (χ1n) is 8.41. The van der Waals surface area contributed by atoms with E-state index in [1.165, 1.54) is 16.2 Å². The van der Waals surface area contributed by atoms with Gasteiger partial charge in [-0.25, -0.2) is 4.79 Å². The number of furan rings is 1. The smallest absolute Gasteiger partial charge is 0.341 e. The second kappa shape index (κ2) is 7.74. The molecule has 5 nitrogen and oxygen atoms in total. The summed E-state index contributed by atoms with van der Waals surface area (Å²) in [6.07, 6.45) is 4.53. The number of carbonyl (C=O) groups is 2. The summed E-state index contributed by atoms with van der Waals surface area (Å²) in [6, 6.07) is 3.25. The Morgan fingerprint density at radius 2 is 2.12 bits per heavy atom. The van der Waals surface area contributed by atoms with Gasteiger partial charge in [0, 0.05) is 4.88 Å². The maximum atomic E-state index is 12.7. The van der Waals surface area contributed by atoms with Crippen LogP contribution in [0.25, 0.3) is 0 Å². The molecule has 0 saturated carbocycles. The lowest BCUT2D eigenvalue weighted by atomic mass is 9.95. The van der Waals surface area contributed by atoms with Gasteiger partial charge in [0.15, 0.2) is 10.4 Å². The lowest BCUT2D eigenvalue weighted by Gasteiger charge is -2.15. The largest absolute Gasteiger partial charge is 0.459 e. The molecule has 0 aromatic carbocycles. The maximum Gasteiger partial charge on any atom is 0.341 e. The fraction of sp³-hybridized carbons (Fsp3) is 0.444. The van der Waals surface area contributed by atoms with Crippen molar-refractivity contribution >= 4 is 44.1 Å². The Morgan fingerprint density at radius 1 is 1.36 bits per heavy atom. The Kier molecular flexibility index (Phi) is 5.64. The zero-order chi connectivity index (χ0) is 18.0. The Labute approximate surface area is 158 Å². The molecule has 1 amide bonds. The van der Waals surface area contributed by atoms with Gasteiger partial charge in [0.05, 0.1) is 11.7 Å². The van der Waals surface area contributed by atoms with Crippen molar-refractivity contribution < 1.29 is 18.7 Å². The summed E-state index contributed by atoms with van der Waals surface area (Å²) in [5.74, 6) is -0.536. The van der Waals surface area contributed by atoms with Crippen molar-refractivity contribution in [2.24, 2.45) is 0 Å². The number of fused-ring (bicyclic) bond motifs is 1. The highest BCUT2D eigenvalue weighted by Crippen LogP contribution is 2.39. The normalized spacial score (nSPS) is 14.7. The standard InChI is InChI=1S/C18H20BrNO4S/c1-3-10(2)23-18(22)15-11-6-4-5-7-13(11)25-17(15)20-16(21)12-8-9-14(19)24-12/h8-10H,3-7H2,1-2H3,(H,20,21)/t10-/m1/s1. The maximum absolute atomic E-state index is 12.7. The van der Waals surface area contributed by atoms with Gasteiger partial charge < -0.3 is 14.5 Å². The molecule has 2 aromatic heterocycles. The number of aryl methyl sites for hydroxylation is 1. The highest BCUT2D eigenvalue weighted by Gasteiger charge is 2.28. The number of hydrogen-bond donors (Lipinski definition) is 1. The molecule has 2 heterocycles. The second-order valence-corrected chi connectivity index (χ2v) is 7.98. The number of halogens is 1. The molecular formula is C18H20BrNO4S. The summed E-state index contributed by atoms with van der Waals surface area (Å²) >= 11 is 4.66. The molecule has 0 bridgehead atoms. The molecule has 0 unspecified atom stereocenters. The highest BCUT2D eigenvalue weighted by atomic mass is 79.9. The monoisotopic (exact) mass is 425 g/mol. The van der Waals surface area contributed by atoms with Crippen LogP contribution in [-0.2, 0) is 17.6 Å². The van der Waals surface area contributed by atoms with Gasteiger partial charge in [-0.3, -0.25) is 4.79 Å². The lowest BCUT2D eigenvalue weighted by Crippen LogP contribution is -2.18. The third kappa shape index (κ3) is 3.98. The molecule has 1 aliphatic carbocycles. The van der Waals surface area contributed by atoms with E-state index in [1.807, 2.05) is 13.8 Å². The van der Waals surface area contributed by atoms with Gasteiger partial charge in [-0.15, -0.1) is 11.3 Å². The van der Waals surface area contributed by atoms with Crippen LogP contribution in [0.1, 0.15) is 64.5 Å². The second-order valence-electron chi connectivity index (χ2n) is 6.10. The number of nitrogens with one attached hydrogen (secondary N) is 1. The van der Waals surface area contributed by atoms with Crippen LogP contribution in [0.3, 0.4) is 0 Å². The Balaban J connectivity index is 1.91. The zero-order valence-corrected chi connectivity index (χ0v) is 16.6. The van der Waals surface area contributed by atoms with E-state index in [1.54, 1.807) is 12.1 Å². The Hall–Kier alpha value is -1.60. The zero-order valence-electron chi connectivity index (χ0n) is 14.2. The van der Waals surface area contributed by atoms with E-state index in [0.717, 1.165) is 37.7 Å². The SMILES string of the molecule is CC[C@@H](C)OC(=O)c1c(NC(=O)c2ccc(Br)o2)sc2c1CCCC2. The van der Waals surface area contributed by atoms with Gasteiger partial charge in [0.25, 0.3) is 5.91 Å². The number of amides is 1. The average Bonchev–Trinajstić information content (AvgIpc) is 3.17. The van der Waals surface area contributed by atoms with E-state index in [4.69, 9.17) is 9.15 Å². The van der Waals surface area contributed by atoms with Gasteiger partial charge in [-0.1, -0.05) is 6.92 Å². The third-order valence-electron chi connectivity index (χ3n) is 4.28. The number of hydrogen-bond acceptors (Lipinski definition) is 5. The van der Waals surface area contributed by atoms with Crippen molar-refractivity contribution in [3.05, 3.63) is 38.6 Å². The van der Waals surface area contributed by atoms with Crippen LogP contribution >= 0.6 is 27.3 Å². The molecule has 0 spiro atoms. The van der Waals surface area contributed by atoms with E-state index in [2.05, 4.69) is 21.2 Å². The van der Waals surface area contributed by atoms with E-state index in [0.29, 0.717) is 15.2 Å². The molecule has 1 atom stereocenters. The summed E-state index contributed by atoms with van der Waals surface area (Å²) < 4.78 is 11.3. The van der Waals surface area contributed by atoms with E-state index in [9.17, 15) is 9.59 Å². The van der Waals surface area contributed by atoms with Gasteiger partial charge in [0.2, 0.25) is 0 Å². The summed E-state index contributed by atoms with van der Waals surface area (Å²) in [4.78, 5) is 26.3. The predicted octanol–water partition coefficient (Wildman–Crippen LogP) is 5.19.